The highest BCUT2D eigenvalue weighted by Crippen LogP contribution is 2.25. The summed E-state index contributed by atoms with van der Waals surface area (Å²) in [6.45, 7) is 3.93. The zero-order chi connectivity index (χ0) is 18.4. The first-order valence-electron chi connectivity index (χ1n) is 8.50. The molecular formula is C19H21N3O3S. The highest BCUT2D eigenvalue weighted by Gasteiger charge is 2.23. The lowest BCUT2D eigenvalue weighted by Crippen LogP contribution is -2.50. The zero-order valence-electron chi connectivity index (χ0n) is 14.6. The van der Waals surface area contributed by atoms with Crippen molar-refractivity contribution in [2.45, 2.75) is 22.9 Å². The molecule has 0 saturated carbocycles. The van der Waals surface area contributed by atoms with Crippen LogP contribution in [0.5, 0.6) is 0 Å². The molecule has 7 heteroatoms. The fourth-order valence-corrected chi connectivity index (χ4v) is 3.38. The number of benzene rings is 1. The lowest BCUT2D eigenvalue weighted by atomic mass is 10.2. The van der Waals surface area contributed by atoms with Gasteiger partial charge in [0.25, 0.3) is 5.91 Å². The van der Waals surface area contributed by atoms with Crippen molar-refractivity contribution in [3.63, 3.8) is 0 Å². The molecule has 1 aromatic heterocycles. The molecule has 0 radical (unpaired) electrons. The quantitative estimate of drug-likeness (QED) is 0.873. The van der Waals surface area contributed by atoms with Crippen LogP contribution in [0.15, 0.2) is 58.6 Å². The molecule has 1 aliphatic rings. The highest BCUT2D eigenvalue weighted by molar-refractivity contribution is 7.99. The van der Waals surface area contributed by atoms with Crippen molar-refractivity contribution >= 4 is 23.6 Å². The molecular weight excluding hydrogens is 350 g/mol. The molecule has 1 aliphatic heterocycles. The number of nitrogens with zero attached hydrogens (tertiary/aromatic N) is 2. The second-order valence-electron chi connectivity index (χ2n) is 5.93. The van der Waals surface area contributed by atoms with Gasteiger partial charge in [-0.2, -0.15) is 0 Å². The van der Waals surface area contributed by atoms with Crippen LogP contribution < -0.4 is 5.32 Å². The van der Waals surface area contributed by atoms with Gasteiger partial charge in [-0.15, -0.1) is 0 Å². The van der Waals surface area contributed by atoms with Gasteiger partial charge in [0, 0.05) is 29.7 Å². The van der Waals surface area contributed by atoms with Gasteiger partial charge in [0.05, 0.1) is 13.2 Å². The lowest BCUT2D eigenvalue weighted by Gasteiger charge is -2.29. The molecule has 2 heterocycles. The smallest absolute Gasteiger partial charge is 0.251 e. The summed E-state index contributed by atoms with van der Waals surface area (Å²) in [5, 5.41) is 3.67. The van der Waals surface area contributed by atoms with E-state index in [1.165, 1.54) is 11.8 Å². The molecule has 26 heavy (non-hydrogen) atoms. The molecule has 136 valence electrons. The van der Waals surface area contributed by atoms with Gasteiger partial charge in [0.2, 0.25) is 5.91 Å². The summed E-state index contributed by atoms with van der Waals surface area (Å²) in [6, 6.07) is 12.4. The summed E-state index contributed by atoms with van der Waals surface area (Å²) in [5.74, 6) is -0.336. The number of carbonyl (C=O) groups is 2. The minimum atomic E-state index is -0.567. The molecule has 6 nitrogen and oxygen atoms in total. The first kappa shape index (κ1) is 18.4. The van der Waals surface area contributed by atoms with Crippen molar-refractivity contribution in [3.05, 3.63) is 54.2 Å². The maximum Gasteiger partial charge on any atom is 0.251 e. The predicted octanol–water partition coefficient (Wildman–Crippen LogP) is 2.21. The summed E-state index contributed by atoms with van der Waals surface area (Å²) in [7, 11) is 0. The minimum absolute atomic E-state index is 0.0797. The van der Waals surface area contributed by atoms with Gasteiger partial charge in [-0.25, -0.2) is 4.98 Å². The molecule has 0 bridgehead atoms. The molecule has 1 fully saturated rings. The normalized spacial score (nSPS) is 15.3. The number of nitrogens with one attached hydrogen (secondary N) is 1. The van der Waals surface area contributed by atoms with E-state index in [1.54, 1.807) is 30.2 Å². The molecule has 1 unspecified atom stereocenters. The molecule has 2 amide bonds. The fraction of sp³-hybridized carbons (Fsp3) is 0.316. The van der Waals surface area contributed by atoms with E-state index in [4.69, 9.17) is 4.74 Å². The molecule has 1 atom stereocenters. The van der Waals surface area contributed by atoms with Gasteiger partial charge in [0.15, 0.2) is 0 Å². The molecule has 2 aromatic rings. The Morgan fingerprint density at radius 1 is 1.15 bits per heavy atom. The fourth-order valence-electron chi connectivity index (χ4n) is 2.60. The number of hydrogen-bond donors (Lipinski definition) is 1. The van der Waals surface area contributed by atoms with E-state index in [0.29, 0.717) is 31.9 Å². The Balaban J connectivity index is 1.56. The molecule has 1 saturated heterocycles. The number of amides is 2. The predicted molar refractivity (Wildman–Crippen MR) is 99.1 cm³/mol. The monoisotopic (exact) mass is 371 g/mol. The number of pyridine rings is 1. The molecule has 0 aliphatic carbocycles. The Bertz CT molecular complexity index is 746. The zero-order valence-corrected chi connectivity index (χ0v) is 15.4. The third-order valence-electron chi connectivity index (χ3n) is 4.02. The third-order valence-corrected chi connectivity index (χ3v) is 4.98. The van der Waals surface area contributed by atoms with Gasteiger partial charge in [-0.05, 0) is 43.3 Å². The number of aromatic nitrogens is 1. The van der Waals surface area contributed by atoms with Crippen LogP contribution in [-0.4, -0.2) is 54.0 Å². The topological polar surface area (TPSA) is 71.5 Å². The number of rotatable bonds is 5. The van der Waals surface area contributed by atoms with Gasteiger partial charge in [0.1, 0.15) is 11.1 Å². The van der Waals surface area contributed by atoms with Crippen LogP contribution in [0.2, 0.25) is 0 Å². The summed E-state index contributed by atoms with van der Waals surface area (Å²) in [6.07, 6.45) is 1.75. The van der Waals surface area contributed by atoms with Gasteiger partial charge >= 0.3 is 0 Å². The minimum Gasteiger partial charge on any atom is -0.378 e. The number of carbonyl (C=O) groups excluding carboxylic acids is 2. The van der Waals surface area contributed by atoms with Crippen molar-refractivity contribution in [2.24, 2.45) is 0 Å². The summed E-state index contributed by atoms with van der Waals surface area (Å²) >= 11 is 1.53. The third kappa shape index (κ3) is 4.83. The van der Waals surface area contributed by atoms with Crippen molar-refractivity contribution in [2.75, 3.05) is 26.3 Å². The summed E-state index contributed by atoms with van der Waals surface area (Å²) in [5.41, 5.74) is 0.525. The van der Waals surface area contributed by atoms with E-state index >= 15 is 0 Å². The summed E-state index contributed by atoms with van der Waals surface area (Å²) in [4.78, 5) is 31.7. The lowest BCUT2D eigenvalue weighted by molar-refractivity contribution is -0.136. The standard InChI is InChI=1S/C19H21N3O3S/c1-14(19(24)22-10-12-25-13-11-22)21-18(23)15-5-7-16(8-6-15)26-17-4-2-3-9-20-17/h2-9,14H,10-13H2,1H3,(H,21,23). The summed E-state index contributed by atoms with van der Waals surface area (Å²) < 4.78 is 5.25. The van der Waals surface area contributed by atoms with Crippen LogP contribution in [0, 0.1) is 0 Å². The Morgan fingerprint density at radius 3 is 2.54 bits per heavy atom. The Labute approximate surface area is 156 Å². The second-order valence-corrected chi connectivity index (χ2v) is 7.02. The SMILES string of the molecule is CC(NC(=O)c1ccc(Sc2ccccn2)cc1)C(=O)N1CCOCC1. The Kier molecular flexibility index (Phi) is 6.25. The Morgan fingerprint density at radius 2 is 1.88 bits per heavy atom. The first-order valence-corrected chi connectivity index (χ1v) is 9.31. The van der Waals surface area contributed by atoms with E-state index in [1.807, 2.05) is 30.3 Å². The van der Waals surface area contributed by atoms with Crippen molar-refractivity contribution in [3.8, 4) is 0 Å². The van der Waals surface area contributed by atoms with E-state index in [-0.39, 0.29) is 11.8 Å². The highest BCUT2D eigenvalue weighted by atomic mass is 32.2. The molecule has 1 N–H and O–H groups in total. The number of ether oxygens (including phenoxy) is 1. The van der Waals surface area contributed by atoms with Crippen molar-refractivity contribution in [1.29, 1.82) is 0 Å². The van der Waals surface area contributed by atoms with Crippen molar-refractivity contribution < 1.29 is 14.3 Å². The van der Waals surface area contributed by atoms with E-state index in [0.717, 1.165) is 9.92 Å². The largest absolute Gasteiger partial charge is 0.378 e. The van der Waals surface area contributed by atoms with Crippen LogP contribution in [0.3, 0.4) is 0 Å². The number of morpholine rings is 1. The molecule has 0 spiro atoms. The van der Waals surface area contributed by atoms with Crippen LogP contribution in [0.25, 0.3) is 0 Å². The number of hydrogen-bond acceptors (Lipinski definition) is 5. The van der Waals surface area contributed by atoms with Gasteiger partial charge in [-0.3, -0.25) is 9.59 Å². The average molecular weight is 371 g/mol. The second kappa shape index (κ2) is 8.82. The Hall–Kier alpha value is -2.38. The molecule has 1 aromatic carbocycles. The first-order chi connectivity index (χ1) is 12.6. The van der Waals surface area contributed by atoms with E-state index < -0.39 is 6.04 Å². The van der Waals surface area contributed by atoms with Crippen LogP contribution in [0.1, 0.15) is 17.3 Å². The van der Waals surface area contributed by atoms with Crippen LogP contribution in [0.4, 0.5) is 0 Å². The van der Waals surface area contributed by atoms with Crippen molar-refractivity contribution in [1.82, 2.24) is 15.2 Å². The average Bonchev–Trinajstić information content (AvgIpc) is 2.69. The maximum absolute atomic E-state index is 12.4. The van der Waals surface area contributed by atoms with Gasteiger partial charge < -0.3 is 15.0 Å². The van der Waals surface area contributed by atoms with Crippen LogP contribution >= 0.6 is 11.8 Å². The molecule has 3 rings (SSSR count). The van der Waals surface area contributed by atoms with E-state index in [9.17, 15) is 9.59 Å². The maximum atomic E-state index is 12.4. The van der Waals surface area contributed by atoms with Crippen LogP contribution in [-0.2, 0) is 9.53 Å². The van der Waals surface area contributed by atoms with Gasteiger partial charge in [-0.1, -0.05) is 17.8 Å². The van der Waals surface area contributed by atoms with E-state index in [2.05, 4.69) is 10.3 Å².